The minimum absolute atomic E-state index is 0.329. The third-order valence-corrected chi connectivity index (χ3v) is 11.6. The summed E-state index contributed by atoms with van der Waals surface area (Å²) in [6.45, 7) is 12.2. The lowest BCUT2D eigenvalue weighted by molar-refractivity contribution is -0.118. The number of carbonyl (C=O) groups excluding carboxylic acids is 3. The molecule has 3 atom stereocenters. The van der Waals surface area contributed by atoms with Crippen LogP contribution < -0.4 is 47.4 Å². The molecule has 7 aromatic carbocycles. The maximum absolute atomic E-state index is 13.5. The number of ether oxygens (including phenoxy) is 3. The predicted octanol–water partition coefficient (Wildman–Crippen LogP) is 9.91. The summed E-state index contributed by atoms with van der Waals surface area (Å²) in [5, 5.41) is 9.01. The average molecular weight is 961 g/mol. The maximum Gasteiger partial charge on any atom is 0.241 e. The van der Waals surface area contributed by atoms with Crippen LogP contribution in [0.2, 0.25) is 0 Å². The van der Waals surface area contributed by atoms with Gasteiger partial charge in [-0.3, -0.25) is 14.4 Å². The topological polar surface area (TPSA) is 193 Å². The Balaban J connectivity index is 1.13. The SMILES string of the molecule is C=CCOc1ccc(C[C@H](N)C(=O)Nc2cccc(-c3cc(-c4cccc(NC(=O)[C@@H](N)Cc5ccc(OCC=C)cc5)c4)cc(-c4cccc(NC(=O)[C@@H](N)Cc5ccc(OCC=C)cc5)c4)c3)c2)cc1. The third kappa shape index (κ3) is 14.7. The van der Waals surface area contributed by atoms with E-state index in [1.807, 2.05) is 146 Å². The van der Waals surface area contributed by atoms with Gasteiger partial charge in [0.1, 0.15) is 37.1 Å². The van der Waals surface area contributed by atoms with Crippen molar-refractivity contribution in [3.05, 3.63) is 218 Å². The second-order valence-electron chi connectivity index (χ2n) is 17.2. The van der Waals surface area contributed by atoms with Gasteiger partial charge in [0.05, 0.1) is 18.1 Å². The number of benzene rings is 7. The highest BCUT2D eigenvalue weighted by atomic mass is 16.5. The standard InChI is InChI=1S/C60H60N6O6/c1-4-28-70-52-22-16-40(17-23-52)31-55(61)58(67)64-49-13-7-10-43(37-49)46-34-47(44-11-8-14-50(38-44)65-59(68)56(62)32-41-18-24-53(25-19-41)71-29-5-2)36-48(35-46)45-12-9-15-51(39-45)66-60(69)57(63)33-42-20-26-54(27-21-42)72-30-6-3/h4-27,34-39,55-57H,1-3,28-33,61-63H2,(H,64,67)(H,65,68)(H,66,69)/t55-,56-,57-/m0/s1. The van der Waals surface area contributed by atoms with Crippen molar-refractivity contribution in [2.45, 2.75) is 37.4 Å². The predicted molar refractivity (Wildman–Crippen MR) is 290 cm³/mol. The lowest BCUT2D eigenvalue weighted by atomic mass is 9.93. The normalized spacial score (nSPS) is 12.0. The van der Waals surface area contributed by atoms with Gasteiger partial charge in [0.15, 0.2) is 0 Å². The van der Waals surface area contributed by atoms with Crippen LogP contribution in [0.25, 0.3) is 33.4 Å². The van der Waals surface area contributed by atoms with E-state index in [0.717, 1.165) is 50.1 Å². The first-order valence-electron chi connectivity index (χ1n) is 23.6. The molecule has 0 aliphatic carbocycles. The summed E-state index contributed by atoms with van der Waals surface area (Å²) in [5.74, 6) is 1.12. The third-order valence-electron chi connectivity index (χ3n) is 11.6. The molecule has 0 unspecified atom stereocenters. The van der Waals surface area contributed by atoms with Crippen LogP contribution in [0.3, 0.4) is 0 Å². The number of rotatable bonds is 24. The molecule has 366 valence electrons. The van der Waals surface area contributed by atoms with Crippen molar-refractivity contribution in [3.8, 4) is 50.6 Å². The molecule has 7 rings (SSSR count). The van der Waals surface area contributed by atoms with Gasteiger partial charge in [0.2, 0.25) is 17.7 Å². The molecular formula is C60H60N6O6. The molecule has 0 fully saturated rings. The molecule has 0 saturated heterocycles. The van der Waals surface area contributed by atoms with E-state index in [1.165, 1.54) is 0 Å². The second kappa shape index (κ2) is 25.3. The van der Waals surface area contributed by atoms with Crippen LogP contribution in [0.1, 0.15) is 16.7 Å². The van der Waals surface area contributed by atoms with E-state index < -0.39 is 18.1 Å². The Hall–Kier alpha value is -8.55. The van der Waals surface area contributed by atoms with Crippen LogP contribution in [0.4, 0.5) is 17.1 Å². The Morgan fingerprint density at radius 1 is 0.389 bits per heavy atom. The second-order valence-corrected chi connectivity index (χ2v) is 17.2. The molecule has 72 heavy (non-hydrogen) atoms. The van der Waals surface area contributed by atoms with Gasteiger partial charge in [-0.25, -0.2) is 0 Å². The van der Waals surface area contributed by atoms with Gasteiger partial charge in [0.25, 0.3) is 0 Å². The average Bonchev–Trinajstić information content (AvgIpc) is 3.40. The lowest BCUT2D eigenvalue weighted by Gasteiger charge is -2.16. The highest BCUT2D eigenvalue weighted by molar-refractivity contribution is 5.97. The quantitative estimate of drug-likeness (QED) is 0.0320. The molecular weight excluding hydrogens is 901 g/mol. The van der Waals surface area contributed by atoms with Crippen molar-refractivity contribution >= 4 is 34.8 Å². The fraction of sp³-hybridized carbons (Fsp3) is 0.150. The number of hydrogen-bond acceptors (Lipinski definition) is 9. The van der Waals surface area contributed by atoms with Crippen LogP contribution in [-0.2, 0) is 33.6 Å². The molecule has 9 N–H and O–H groups in total. The fourth-order valence-corrected chi connectivity index (χ4v) is 7.83. The van der Waals surface area contributed by atoms with Crippen LogP contribution in [-0.4, -0.2) is 55.7 Å². The zero-order valence-corrected chi connectivity index (χ0v) is 40.1. The molecule has 0 aromatic heterocycles. The minimum atomic E-state index is -0.809. The summed E-state index contributed by atoms with van der Waals surface area (Å²) >= 11 is 0. The van der Waals surface area contributed by atoms with Gasteiger partial charge in [-0.2, -0.15) is 0 Å². The summed E-state index contributed by atoms with van der Waals surface area (Å²) in [4.78, 5) is 40.4. The number of nitrogens with two attached hydrogens (primary N) is 3. The van der Waals surface area contributed by atoms with Crippen LogP contribution in [0, 0.1) is 0 Å². The number of amides is 3. The van der Waals surface area contributed by atoms with Crippen molar-refractivity contribution in [1.82, 2.24) is 0 Å². The molecule has 0 bridgehead atoms. The van der Waals surface area contributed by atoms with E-state index in [-0.39, 0.29) is 17.7 Å². The zero-order chi connectivity index (χ0) is 50.8. The van der Waals surface area contributed by atoms with Crippen LogP contribution in [0.15, 0.2) is 202 Å². The zero-order valence-electron chi connectivity index (χ0n) is 40.1. The van der Waals surface area contributed by atoms with Crippen molar-refractivity contribution in [1.29, 1.82) is 0 Å². The molecule has 0 aliphatic heterocycles. The molecule has 0 aliphatic rings. The Morgan fingerprint density at radius 2 is 0.653 bits per heavy atom. The molecule has 0 saturated carbocycles. The smallest absolute Gasteiger partial charge is 0.241 e. The molecule has 3 amide bonds. The number of hydrogen-bond donors (Lipinski definition) is 6. The summed E-state index contributed by atoms with van der Waals surface area (Å²) in [5.41, 5.74) is 28.7. The first-order valence-corrected chi connectivity index (χ1v) is 23.6. The summed E-state index contributed by atoms with van der Waals surface area (Å²) in [6, 6.07) is 48.8. The molecule has 7 aromatic rings. The highest BCUT2D eigenvalue weighted by Gasteiger charge is 2.19. The first-order chi connectivity index (χ1) is 35.0. The lowest BCUT2D eigenvalue weighted by Crippen LogP contribution is -2.37. The van der Waals surface area contributed by atoms with Gasteiger partial charge in [0, 0.05) is 17.1 Å². The Kier molecular flexibility index (Phi) is 18.1. The van der Waals surface area contributed by atoms with Gasteiger partial charge in [-0.1, -0.05) is 111 Å². The van der Waals surface area contributed by atoms with E-state index in [0.29, 0.717) is 73.4 Å². The largest absolute Gasteiger partial charge is 0.490 e. The van der Waals surface area contributed by atoms with Gasteiger partial charge < -0.3 is 47.4 Å². The van der Waals surface area contributed by atoms with E-state index >= 15 is 0 Å². The first kappa shape index (κ1) is 51.3. The van der Waals surface area contributed by atoms with E-state index in [2.05, 4.69) is 53.9 Å². The van der Waals surface area contributed by atoms with Gasteiger partial charge in [-0.05, 0) is 160 Å². The summed E-state index contributed by atoms with van der Waals surface area (Å²) in [7, 11) is 0. The molecule has 12 heteroatoms. The van der Waals surface area contributed by atoms with Gasteiger partial charge in [-0.15, -0.1) is 0 Å². The highest BCUT2D eigenvalue weighted by Crippen LogP contribution is 2.35. The number of nitrogens with one attached hydrogen (secondary N) is 3. The number of carbonyl (C=O) groups is 3. The maximum atomic E-state index is 13.5. The van der Waals surface area contributed by atoms with Crippen molar-refractivity contribution in [2.75, 3.05) is 35.8 Å². The van der Waals surface area contributed by atoms with Crippen LogP contribution >= 0.6 is 0 Å². The number of anilines is 3. The Labute approximate surface area is 421 Å². The monoisotopic (exact) mass is 960 g/mol. The van der Waals surface area contributed by atoms with E-state index in [1.54, 1.807) is 18.2 Å². The van der Waals surface area contributed by atoms with E-state index in [9.17, 15) is 14.4 Å². The Bertz CT molecular complexity index is 2660. The summed E-state index contributed by atoms with van der Waals surface area (Å²) in [6.07, 6.45) is 6.02. The molecule has 0 radical (unpaired) electrons. The van der Waals surface area contributed by atoms with Crippen LogP contribution in [0.5, 0.6) is 17.2 Å². The van der Waals surface area contributed by atoms with Gasteiger partial charge >= 0.3 is 0 Å². The minimum Gasteiger partial charge on any atom is -0.490 e. The van der Waals surface area contributed by atoms with E-state index in [4.69, 9.17) is 31.4 Å². The van der Waals surface area contributed by atoms with Crippen molar-refractivity contribution < 1.29 is 28.6 Å². The fourth-order valence-electron chi connectivity index (χ4n) is 7.83. The summed E-state index contributed by atoms with van der Waals surface area (Å²) < 4.78 is 16.8. The molecule has 12 nitrogen and oxygen atoms in total. The Morgan fingerprint density at radius 3 is 0.903 bits per heavy atom. The molecule has 0 spiro atoms. The van der Waals surface area contributed by atoms with Crippen molar-refractivity contribution in [2.24, 2.45) is 17.2 Å². The van der Waals surface area contributed by atoms with Crippen molar-refractivity contribution in [3.63, 3.8) is 0 Å². The molecule has 0 heterocycles.